The van der Waals surface area contributed by atoms with Gasteiger partial charge in [0.1, 0.15) is 17.6 Å². The van der Waals surface area contributed by atoms with Crippen LogP contribution in [-0.2, 0) is 0 Å². The summed E-state index contributed by atoms with van der Waals surface area (Å²) in [5.41, 5.74) is 3.82. The molecule has 0 amide bonds. The number of hydrogen-bond donors (Lipinski definition) is 1. The molecule has 2 saturated heterocycles. The number of nitrogens with one attached hydrogen (secondary N) is 1. The standard InChI is InChI=1S/C31H30Cl2N4OS/c1-19-15-20(2)18-36(17-19)26-11-10-23(16-24(26)33)37-30(29(35-31(37)39)25-5-3-4-14-34-25)28-13-12-27(38-28)21-6-8-22(32)9-7-21/h3-14,16,19-20,29-30H,15,17-18H2,1-2H3,(H,35,39)/t19-,20+,29-,30-/m0/s1. The first-order chi connectivity index (χ1) is 18.9. The third-order valence-corrected chi connectivity index (χ3v) is 8.43. The average Bonchev–Trinajstić information content (AvgIpc) is 3.53. The predicted molar refractivity (Wildman–Crippen MR) is 164 cm³/mol. The van der Waals surface area contributed by atoms with Crippen molar-refractivity contribution in [2.45, 2.75) is 32.4 Å². The van der Waals surface area contributed by atoms with E-state index in [-0.39, 0.29) is 12.1 Å². The third kappa shape index (κ3) is 5.25. The highest BCUT2D eigenvalue weighted by Crippen LogP contribution is 2.44. The molecule has 0 aliphatic carbocycles. The van der Waals surface area contributed by atoms with Crippen LogP contribution in [0, 0.1) is 11.8 Å². The molecule has 2 aliphatic heterocycles. The van der Waals surface area contributed by atoms with Gasteiger partial charge in [-0.15, -0.1) is 0 Å². The van der Waals surface area contributed by atoms with E-state index in [0.717, 1.165) is 52.3 Å². The second-order valence-electron chi connectivity index (χ2n) is 10.7. The number of benzene rings is 2. The van der Waals surface area contributed by atoms with Gasteiger partial charge in [0.05, 0.1) is 22.4 Å². The van der Waals surface area contributed by atoms with Gasteiger partial charge >= 0.3 is 0 Å². The molecule has 0 spiro atoms. The van der Waals surface area contributed by atoms with Crippen molar-refractivity contribution in [1.82, 2.24) is 10.3 Å². The Kier molecular flexibility index (Phi) is 7.27. The smallest absolute Gasteiger partial charge is 0.174 e. The molecule has 4 heterocycles. The summed E-state index contributed by atoms with van der Waals surface area (Å²) in [6.45, 7) is 6.64. The molecule has 39 heavy (non-hydrogen) atoms. The Hall–Kier alpha value is -3.06. The monoisotopic (exact) mass is 576 g/mol. The quantitative estimate of drug-likeness (QED) is 0.241. The zero-order chi connectivity index (χ0) is 27.1. The van der Waals surface area contributed by atoms with Crippen molar-refractivity contribution in [2.75, 3.05) is 22.9 Å². The van der Waals surface area contributed by atoms with Crippen LogP contribution in [-0.4, -0.2) is 23.2 Å². The number of anilines is 2. The summed E-state index contributed by atoms with van der Waals surface area (Å²) in [6.07, 6.45) is 3.05. The first kappa shape index (κ1) is 26.2. The average molecular weight is 578 g/mol. The number of rotatable bonds is 5. The largest absolute Gasteiger partial charge is 0.459 e. The lowest BCUT2D eigenvalue weighted by Crippen LogP contribution is -2.38. The minimum Gasteiger partial charge on any atom is -0.459 e. The number of hydrogen-bond acceptors (Lipinski definition) is 4. The minimum absolute atomic E-state index is 0.204. The first-order valence-electron chi connectivity index (χ1n) is 13.3. The van der Waals surface area contributed by atoms with Crippen molar-refractivity contribution in [3.05, 3.63) is 100 Å². The summed E-state index contributed by atoms with van der Waals surface area (Å²) < 4.78 is 6.46. The van der Waals surface area contributed by atoms with Crippen molar-refractivity contribution >= 4 is 51.9 Å². The zero-order valence-electron chi connectivity index (χ0n) is 21.9. The molecule has 2 aliphatic rings. The van der Waals surface area contributed by atoms with Gasteiger partial charge in [-0.2, -0.15) is 0 Å². The number of aromatic nitrogens is 1. The molecule has 0 bridgehead atoms. The lowest BCUT2D eigenvalue weighted by molar-refractivity contribution is 0.357. The van der Waals surface area contributed by atoms with Crippen LogP contribution in [0.1, 0.15) is 43.8 Å². The van der Waals surface area contributed by atoms with Gasteiger partial charge in [-0.25, -0.2) is 0 Å². The van der Waals surface area contributed by atoms with Crippen molar-refractivity contribution in [3.8, 4) is 11.3 Å². The fourth-order valence-corrected chi connectivity index (χ4v) is 6.73. The van der Waals surface area contributed by atoms with Crippen molar-refractivity contribution < 1.29 is 4.42 Å². The maximum atomic E-state index is 6.95. The van der Waals surface area contributed by atoms with E-state index in [1.54, 1.807) is 6.20 Å². The van der Waals surface area contributed by atoms with Gasteiger partial charge in [-0.1, -0.05) is 43.1 Å². The highest BCUT2D eigenvalue weighted by Gasteiger charge is 2.43. The fourth-order valence-electron chi connectivity index (χ4n) is 5.96. The van der Waals surface area contributed by atoms with Gasteiger partial charge in [0.15, 0.2) is 5.11 Å². The molecular formula is C31H30Cl2N4OS. The maximum absolute atomic E-state index is 6.95. The summed E-state index contributed by atoms with van der Waals surface area (Å²) in [7, 11) is 0. The Morgan fingerprint density at radius 3 is 2.41 bits per heavy atom. The lowest BCUT2D eigenvalue weighted by Gasteiger charge is -2.37. The van der Waals surface area contributed by atoms with Crippen LogP contribution in [0.2, 0.25) is 10.0 Å². The summed E-state index contributed by atoms with van der Waals surface area (Å²) in [4.78, 5) is 9.14. The molecule has 5 nitrogen and oxygen atoms in total. The lowest BCUT2D eigenvalue weighted by atomic mass is 9.91. The van der Waals surface area contributed by atoms with Gasteiger partial charge in [-0.3, -0.25) is 4.98 Å². The Morgan fingerprint density at radius 2 is 1.72 bits per heavy atom. The zero-order valence-corrected chi connectivity index (χ0v) is 24.2. The Balaban J connectivity index is 1.38. The Labute approximate surface area is 244 Å². The van der Waals surface area contributed by atoms with Gasteiger partial charge in [0, 0.05) is 35.6 Å². The topological polar surface area (TPSA) is 44.5 Å². The van der Waals surface area contributed by atoms with E-state index in [1.807, 2.05) is 60.7 Å². The Bertz CT molecular complexity index is 1470. The van der Waals surface area contributed by atoms with Gasteiger partial charge in [0.25, 0.3) is 0 Å². The third-order valence-electron chi connectivity index (χ3n) is 7.56. The second kappa shape index (κ2) is 10.8. The van der Waals surface area contributed by atoms with Gasteiger partial charge in [0.2, 0.25) is 0 Å². The molecule has 1 N–H and O–H groups in total. The van der Waals surface area contributed by atoms with E-state index in [9.17, 15) is 0 Å². The van der Waals surface area contributed by atoms with Crippen LogP contribution < -0.4 is 15.1 Å². The Morgan fingerprint density at radius 1 is 0.949 bits per heavy atom. The van der Waals surface area contributed by atoms with E-state index >= 15 is 0 Å². The van der Waals surface area contributed by atoms with E-state index in [2.05, 4.69) is 46.1 Å². The van der Waals surface area contributed by atoms with Crippen LogP contribution in [0.15, 0.2) is 83.4 Å². The van der Waals surface area contributed by atoms with Crippen LogP contribution >= 0.6 is 35.4 Å². The number of thiocarbonyl (C=S) groups is 1. The molecule has 200 valence electrons. The number of pyridine rings is 1. The van der Waals surface area contributed by atoms with E-state index in [1.165, 1.54) is 6.42 Å². The molecule has 4 aromatic rings. The predicted octanol–water partition coefficient (Wildman–Crippen LogP) is 8.31. The molecule has 0 saturated carbocycles. The summed E-state index contributed by atoms with van der Waals surface area (Å²) in [6, 6.07) is 23.3. The molecule has 2 aromatic heterocycles. The van der Waals surface area contributed by atoms with Crippen molar-refractivity contribution in [3.63, 3.8) is 0 Å². The molecule has 6 rings (SSSR count). The molecule has 0 radical (unpaired) electrons. The van der Waals surface area contributed by atoms with Crippen LogP contribution in [0.4, 0.5) is 11.4 Å². The van der Waals surface area contributed by atoms with Crippen molar-refractivity contribution in [2.24, 2.45) is 11.8 Å². The van der Waals surface area contributed by atoms with Crippen molar-refractivity contribution in [1.29, 1.82) is 0 Å². The van der Waals surface area contributed by atoms with Crippen LogP contribution in [0.25, 0.3) is 11.3 Å². The van der Waals surface area contributed by atoms with E-state index < -0.39 is 0 Å². The minimum atomic E-state index is -0.259. The van der Waals surface area contributed by atoms with Gasteiger partial charge < -0.3 is 19.5 Å². The molecule has 4 atom stereocenters. The van der Waals surface area contributed by atoms with Crippen LogP contribution in [0.5, 0.6) is 0 Å². The molecule has 0 unspecified atom stereocenters. The highest BCUT2D eigenvalue weighted by molar-refractivity contribution is 7.80. The molecule has 2 aromatic carbocycles. The van der Waals surface area contributed by atoms with E-state index in [0.29, 0.717) is 22.0 Å². The second-order valence-corrected chi connectivity index (χ2v) is 11.9. The number of nitrogens with zero attached hydrogens (tertiary/aromatic N) is 3. The SMILES string of the molecule is C[C@@H]1C[C@H](C)CN(c2ccc(N3C(=S)N[C@@H](c4ccccn4)[C@@H]3c3ccc(-c4ccc(Cl)cc4)o3)cc2Cl)C1. The number of halogens is 2. The summed E-state index contributed by atoms with van der Waals surface area (Å²) >= 11 is 19.0. The molecule has 2 fully saturated rings. The van der Waals surface area contributed by atoms with Gasteiger partial charge in [-0.05, 0) is 97.2 Å². The normalized spacial score (nSPS) is 23.2. The van der Waals surface area contributed by atoms with Crippen LogP contribution in [0.3, 0.4) is 0 Å². The fraction of sp³-hybridized carbons (Fsp3) is 0.290. The maximum Gasteiger partial charge on any atom is 0.174 e. The molecule has 8 heteroatoms. The summed E-state index contributed by atoms with van der Waals surface area (Å²) in [5, 5.41) is 5.50. The highest BCUT2D eigenvalue weighted by atomic mass is 35.5. The summed E-state index contributed by atoms with van der Waals surface area (Å²) in [5.74, 6) is 2.82. The van der Waals surface area contributed by atoms with E-state index in [4.69, 9.17) is 39.8 Å². The number of furan rings is 1. The number of piperidine rings is 1. The first-order valence-corrected chi connectivity index (χ1v) is 14.4. The molecular weight excluding hydrogens is 547 g/mol.